The highest BCUT2D eigenvalue weighted by Gasteiger charge is 2.36. The minimum atomic E-state index is -2.13. The fraction of sp³-hybridized carbons (Fsp3) is 0.176. The Hall–Kier alpha value is -2.93. The number of carbonyl (C=O) groups excluding carboxylic acids is 1. The molecule has 0 spiro atoms. The summed E-state index contributed by atoms with van der Waals surface area (Å²) in [5.74, 6) is -0.862. The van der Waals surface area contributed by atoms with Crippen molar-refractivity contribution in [1.29, 1.82) is 0 Å². The first kappa shape index (κ1) is 25.3. The molecule has 0 fully saturated rings. The summed E-state index contributed by atoms with van der Waals surface area (Å²) in [6, 6.07) is 9.19. The zero-order chi connectivity index (χ0) is 24.1. The van der Waals surface area contributed by atoms with Gasteiger partial charge in [0.25, 0.3) is 11.6 Å². The van der Waals surface area contributed by atoms with Crippen molar-refractivity contribution in [2.24, 2.45) is 0 Å². The molecule has 2 aromatic carbocycles. The molecule has 0 aromatic heterocycles. The second-order valence-corrected chi connectivity index (χ2v) is 8.74. The Bertz CT molecular complexity index is 1070. The molecule has 1 amide bonds. The fourth-order valence-electron chi connectivity index (χ4n) is 2.44. The molecular formula is C17H14Cl3N5O6S. The quantitative estimate of drug-likeness (QED) is 0.162. The minimum Gasteiger partial charge on any atom is -0.490 e. The van der Waals surface area contributed by atoms with Crippen LogP contribution in [0.25, 0.3) is 0 Å². The van der Waals surface area contributed by atoms with Gasteiger partial charge >= 0.3 is 5.69 Å². The molecule has 0 heterocycles. The van der Waals surface area contributed by atoms with E-state index in [0.717, 1.165) is 6.07 Å². The summed E-state index contributed by atoms with van der Waals surface area (Å²) >= 11 is 22.9. The molecule has 3 N–H and O–H groups in total. The molecule has 0 aliphatic carbocycles. The second kappa shape index (κ2) is 10.6. The topological polar surface area (TPSA) is 149 Å². The Morgan fingerprint density at radius 1 is 1.06 bits per heavy atom. The highest BCUT2D eigenvalue weighted by molar-refractivity contribution is 7.80. The SMILES string of the molecule is COc1ccc(NC(=S)NC(NC(=O)c2ccccc2[N+](=O)[O-])C(Cl)(Cl)Cl)cc1[N+](=O)[O-]. The molecule has 0 aliphatic rings. The molecular weight excluding hydrogens is 509 g/mol. The Kier molecular flexibility index (Phi) is 8.38. The standard InChI is InChI=1S/C17H14Cl3N5O6S/c1-31-13-7-6-9(8-12(13)25(29)30)21-16(32)23-15(17(18,19)20)22-14(26)10-4-2-3-5-11(10)24(27)28/h2-8,15H,1H3,(H,22,26)(H2,21,23,32). The van der Waals surface area contributed by atoms with Crippen LogP contribution >= 0.6 is 47.0 Å². The molecule has 1 unspecified atom stereocenters. The molecule has 0 aliphatic heterocycles. The molecule has 2 rings (SSSR count). The molecule has 1 atom stereocenters. The lowest BCUT2D eigenvalue weighted by molar-refractivity contribution is -0.385. The van der Waals surface area contributed by atoms with Gasteiger partial charge in [0, 0.05) is 17.8 Å². The lowest BCUT2D eigenvalue weighted by Crippen LogP contribution is -2.56. The van der Waals surface area contributed by atoms with E-state index in [1.54, 1.807) is 0 Å². The lowest BCUT2D eigenvalue weighted by atomic mass is 10.1. The molecule has 0 bridgehead atoms. The van der Waals surface area contributed by atoms with E-state index in [0.29, 0.717) is 0 Å². The third kappa shape index (κ3) is 6.53. The van der Waals surface area contributed by atoms with Crippen LogP contribution < -0.4 is 20.7 Å². The highest BCUT2D eigenvalue weighted by atomic mass is 35.6. The maximum absolute atomic E-state index is 12.6. The van der Waals surface area contributed by atoms with Crippen molar-refractivity contribution in [3.05, 3.63) is 68.3 Å². The summed E-state index contributed by atoms with van der Waals surface area (Å²) in [5.41, 5.74) is -0.812. The van der Waals surface area contributed by atoms with E-state index in [1.807, 2.05) is 0 Å². The molecule has 15 heteroatoms. The van der Waals surface area contributed by atoms with Gasteiger partial charge in [0.05, 0.1) is 17.0 Å². The monoisotopic (exact) mass is 521 g/mol. The number of nitro benzene ring substituents is 2. The number of methoxy groups -OCH3 is 1. The number of alkyl halides is 3. The van der Waals surface area contributed by atoms with Gasteiger partial charge in [-0.2, -0.15) is 0 Å². The van der Waals surface area contributed by atoms with Gasteiger partial charge in [0.2, 0.25) is 3.79 Å². The van der Waals surface area contributed by atoms with Gasteiger partial charge in [-0.05, 0) is 30.4 Å². The summed E-state index contributed by atoms with van der Waals surface area (Å²) in [6.45, 7) is 0. The number of anilines is 1. The Morgan fingerprint density at radius 2 is 1.69 bits per heavy atom. The number of nitrogens with one attached hydrogen (secondary N) is 3. The third-order valence-corrected chi connectivity index (χ3v) is 4.73. The molecule has 0 radical (unpaired) electrons. The zero-order valence-electron chi connectivity index (χ0n) is 16.0. The predicted molar refractivity (Wildman–Crippen MR) is 124 cm³/mol. The number of carbonyl (C=O) groups is 1. The van der Waals surface area contributed by atoms with Crippen molar-refractivity contribution in [2.45, 2.75) is 9.96 Å². The second-order valence-electron chi connectivity index (χ2n) is 5.96. The number of para-hydroxylation sites is 1. The van der Waals surface area contributed by atoms with E-state index in [-0.39, 0.29) is 27.8 Å². The van der Waals surface area contributed by atoms with Crippen molar-refractivity contribution < 1.29 is 19.4 Å². The molecule has 0 saturated carbocycles. The van der Waals surface area contributed by atoms with Gasteiger partial charge in [-0.25, -0.2) is 0 Å². The van der Waals surface area contributed by atoms with Gasteiger partial charge in [-0.1, -0.05) is 46.9 Å². The highest BCUT2D eigenvalue weighted by Crippen LogP contribution is 2.31. The van der Waals surface area contributed by atoms with Crippen LogP contribution in [0.1, 0.15) is 10.4 Å². The normalized spacial score (nSPS) is 11.8. The average Bonchev–Trinajstić information content (AvgIpc) is 2.72. The van der Waals surface area contributed by atoms with E-state index in [2.05, 4.69) is 16.0 Å². The van der Waals surface area contributed by atoms with Crippen LogP contribution in [-0.4, -0.2) is 37.9 Å². The van der Waals surface area contributed by atoms with Crippen LogP contribution in [0.2, 0.25) is 0 Å². The number of thiocarbonyl (C=S) groups is 1. The first-order valence-corrected chi connectivity index (χ1v) is 9.99. The van der Waals surface area contributed by atoms with Gasteiger partial charge in [-0.3, -0.25) is 25.0 Å². The lowest BCUT2D eigenvalue weighted by Gasteiger charge is -2.27. The van der Waals surface area contributed by atoms with E-state index < -0.39 is 31.4 Å². The van der Waals surface area contributed by atoms with E-state index in [1.165, 1.54) is 43.5 Å². The van der Waals surface area contributed by atoms with Crippen LogP contribution in [-0.2, 0) is 0 Å². The van der Waals surface area contributed by atoms with Crippen LogP contribution in [0.4, 0.5) is 17.1 Å². The van der Waals surface area contributed by atoms with Gasteiger partial charge in [0.15, 0.2) is 10.9 Å². The molecule has 2 aromatic rings. The number of hydrogen-bond acceptors (Lipinski definition) is 7. The summed E-state index contributed by atoms with van der Waals surface area (Å²) in [4.78, 5) is 33.5. The first-order valence-electron chi connectivity index (χ1n) is 8.45. The number of halogens is 3. The van der Waals surface area contributed by atoms with Crippen LogP contribution in [0, 0.1) is 20.2 Å². The predicted octanol–water partition coefficient (Wildman–Crippen LogP) is 3.92. The molecule has 0 saturated heterocycles. The van der Waals surface area contributed by atoms with Crippen molar-refractivity contribution in [1.82, 2.24) is 10.6 Å². The van der Waals surface area contributed by atoms with Gasteiger partial charge in [0.1, 0.15) is 11.7 Å². The maximum Gasteiger partial charge on any atom is 0.312 e. The van der Waals surface area contributed by atoms with Crippen molar-refractivity contribution in [2.75, 3.05) is 12.4 Å². The van der Waals surface area contributed by atoms with E-state index in [4.69, 9.17) is 51.8 Å². The molecule has 11 nitrogen and oxygen atoms in total. The number of nitrogens with zero attached hydrogens (tertiary/aromatic N) is 2. The average molecular weight is 523 g/mol. The van der Waals surface area contributed by atoms with E-state index >= 15 is 0 Å². The van der Waals surface area contributed by atoms with Crippen molar-refractivity contribution >= 4 is 75.1 Å². The molecule has 170 valence electrons. The maximum atomic E-state index is 12.6. The summed E-state index contributed by atoms with van der Waals surface area (Å²) in [7, 11) is 1.28. The van der Waals surface area contributed by atoms with Crippen molar-refractivity contribution in [3.63, 3.8) is 0 Å². The summed E-state index contributed by atoms with van der Waals surface area (Å²) < 4.78 is 2.79. The van der Waals surface area contributed by atoms with Gasteiger partial charge < -0.3 is 20.7 Å². The largest absolute Gasteiger partial charge is 0.490 e. The van der Waals surface area contributed by atoms with Crippen LogP contribution in [0.15, 0.2) is 42.5 Å². The first-order chi connectivity index (χ1) is 14.9. The number of hydrogen-bond donors (Lipinski definition) is 3. The number of amides is 1. The van der Waals surface area contributed by atoms with E-state index in [9.17, 15) is 25.0 Å². The zero-order valence-corrected chi connectivity index (χ0v) is 19.1. The number of rotatable bonds is 7. The Labute approximate surface area is 201 Å². The molecule has 32 heavy (non-hydrogen) atoms. The number of nitro groups is 2. The fourth-order valence-corrected chi connectivity index (χ4v) is 3.01. The Balaban J connectivity index is 2.19. The summed E-state index contributed by atoms with van der Waals surface area (Å²) in [6.07, 6.45) is -1.42. The number of ether oxygens (including phenoxy) is 1. The van der Waals surface area contributed by atoms with Crippen LogP contribution in [0.5, 0.6) is 5.75 Å². The van der Waals surface area contributed by atoms with Crippen molar-refractivity contribution in [3.8, 4) is 5.75 Å². The summed E-state index contributed by atoms with van der Waals surface area (Å²) in [5, 5.41) is 29.7. The smallest absolute Gasteiger partial charge is 0.312 e. The number of benzene rings is 2. The van der Waals surface area contributed by atoms with Crippen LogP contribution in [0.3, 0.4) is 0 Å². The third-order valence-electron chi connectivity index (χ3n) is 3.86. The minimum absolute atomic E-state index is 0.0373. The Morgan fingerprint density at radius 3 is 2.25 bits per heavy atom. The van der Waals surface area contributed by atoms with Gasteiger partial charge in [-0.15, -0.1) is 0 Å².